The third kappa shape index (κ3) is 6.37. The number of carbonyl (C=O) groups excluding carboxylic acids is 1. The Labute approximate surface area is 161 Å². The molecule has 0 saturated carbocycles. The van der Waals surface area contributed by atoms with Crippen LogP contribution >= 0.6 is 0 Å². The summed E-state index contributed by atoms with van der Waals surface area (Å²) in [5.41, 5.74) is 0.429. The van der Waals surface area contributed by atoms with Crippen LogP contribution in [0.4, 0.5) is 5.69 Å². The molecular weight excluding hydrogens is 370 g/mol. The Kier molecular flexibility index (Phi) is 7.88. The van der Waals surface area contributed by atoms with Crippen LogP contribution in [-0.4, -0.2) is 73.1 Å². The molecule has 1 heterocycles. The van der Waals surface area contributed by atoms with Crippen LogP contribution in [0.5, 0.6) is 5.75 Å². The van der Waals surface area contributed by atoms with Crippen molar-refractivity contribution >= 4 is 21.6 Å². The first kappa shape index (κ1) is 21.5. The van der Waals surface area contributed by atoms with Crippen LogP contribution in [0.25, 0.3) is 0 Å². The Morgan fingerprint density at radius 2 is 1.93 bits per heavy atom. The Morgan fingerprint density at radius 1 is 1.30 bits per heavy atom. The molecule has 0 spiro atoms. The average Bonchev–Trinajstić information content (AvgIpc) is 2.65. The number of ether oxygens (including phenoxy) is 2. The number of quaternary nitrogens is 1. The van der Waals surface area contributed by atoms with Gasteiger partial charge in [-0.25, -0.2) is 8.42 Å². The molecule has 0 aromatic heterocycles. The van der Waals surface area contributed by atoms with Gasteiger partial charge in [-0.05, 0) is 31.2 Å². The first-order chi connectivity index (χ1) is 12.8. The fourth-order valence-corrected chi connectivity index (χ4v) is 4.32. The van der Waals surface area contributed by atoms with E-state index in [0.29, 0.717) is 18.0 Å². The lowest BCUT2D eigenvalue weighted by Crippen LogP contribution is -3.14. The first-order valence-electron chi connectivity index (χ1n) is 9.15. The van der Waals surface area contributed by atoms with E-state index >= 15 is 0 Å². The van der Waals surface area contributed by atoms with Crippen molar-refractivity contribution in [2.24, 2.45) is 0 Å². The maximum absolute atomic E-state index is 12.5. The van der Waals surface area contributed by atoms with Crippen LogP contribution in [0.15, 0.2) is 24.3 Å². The van der Waals surface area contributed by atoms with Crippen molar-refractivity contribution in [2.45, 2.75) is 19.4 Å². The molecular formula is C18H30N3O5S+. The van der Waals surface area contributed by atoms with Gasteiger partial charge in [0.05, 0.1) is 38.8 Å². The summed E-state index contributed by atoms with van der Waals surface area (Å²) in [6, 6.07) is 5.76. The molecule has 9 heteroatoms. The Balaban J connectivity index is 1.93. The number of hydrogen-bond donors (Lipinski definition) is 2. The minimum absolute atomic E-state index is 0.312. The predicted octanol–water partition coefficient (Wildman–Crippen LogP) is -0.729. The van der Waals surface area contributed by atoms with Crippen LogP contribution in [0.3, 0.4) is 0 Å². The lowest BCUT2D eigenvalue weighted by Gasteiger charge is -2.28. The van der Waals surface area contributed by atoms with E-state index in [1.165, 1.54) is 12.0 Å². The normalized spacial score (nSPS) is 16.6. The second-order valence-electron chi connectivity index (χ2n) is 6.69. The number of hydrogen-bond acceptors (Lipinski definition) is 5. The molecule has 1 aliphatic rings. The highest BCUT2D eigenvalue weighted by Crippen LogP contribution is 2.23. The van der Waals surface area contributed by atoms with Crippen LogP contribution in [0, 0.1) is 0 Å². The van der Waals surface area contributed by atoms with E-state index < -0.39 is 16.1 Å². The van der Waals surface area contributed by atoms with E-state index in [1.807, 2.05) is 0 Å². The highest BCUT2D eigenvalue weighted by atomic mass is 32.2. The molecule has 2 N–H and O–H groups in total. The van der Waals surface area contributed by atoms with Gasteiger partial charge >= 0.3 is 0 Å². The van der Waals surface area contributed by atoms with Crippen molar-refractivity contribution in [3.05, 3.63) is 24.3 Å². The van der Waals surface area contributed by atoms with E-state index in [2.05, 4.69) is 5.32 Å². The average molecular weight is 401 g/mol. The molecule has 0 bridgehead atoms. The maximum atomic E-state index is 12.5. The van der Waals surface area contributed by atoms with Crippen molar-refractivity contribution < 1.29 is 27.6 Å². The summed E-state index contributed by atoms with van der Waals surface area (Å²) >= 11 is 0. The van der Waals surface area contributed by atoms with Crippen molar-refractivity contribution in [1.82, 2.24) is 5.32 Å². The van der Waals surface area contributed by atoms with Crippen molar-refractivity contribution in [3.63, 3.8) is 0 Å². The Morgan fingerprint density at radius 3 is 2.48 bits per heavy atom. The predicted molar refractivity (Wildman–Crippen MR) is 104 cm³/mol. The lowest BCUT2D eigenvalue weighted by molar-refractivity contribution is -0.908. The molecule has 0 aliphatic carbocycles. The highest BCUT2D eigenvalue weighted by Gasteiger charge is 2.29. The molecule has 1 aromatic rings. The van der Waals surface area contributed by atoms with E-state index in [-0.39, 0.29) is 5.91 Å². The zero-order chi connectivity index (χ0) is 19.9. The molecule has 27 heavy (non-hydrogen) atoms. The molecule has 8 nitrogen and oxygen atoms in total. The number of benzene rings is 1. The quantitative estimate of drug-likeness (QED) is 0.534. The number of methoxy groups -OCH3 is 1. The standard InChI is InChI=1S/C18H29N3O5S/c1-15(18(22)19-9-4-10-20-11-13-26-14-12-20)21(27(3,23)24)16-5-7-17(25-2)8-6-16/h5-8,15H,4,9-14H2,1-3H3,(H,19,22)/p+1/t15-/m0/s1. The van der Waals surface area contributed by atoms with E-state index in [4.69, 9.17) is 9.47 Å². The molecule has 1 atom stereocenters. The van der Waals surface area contributed by atoms with Gasteiger partial charge in [-0.2, -0.15) is 0 Å². The lowest BCUT2D eigenvalue weighted by atomic mass is 10.2. The SMILES string of the molecule is COc1ccc(N([C@@H](C)C(=O)NCCC[NH+]2CCOCC2)S(C)(=O)=O)cc1. The van der Waals surface area contributed by atoms with Gasteiger partial charge in [0.1, 0.15) is 24.9 Å². The zero-order valence-electron chi connectivity index (χ0n) is 16.2. The van der Waals surface area contributed by atoms with Gasteiger partial charge in [0.15, 0.2) is 0 Å². The van der Waals surface area contributed by atoms with Crippen molar-refractivity contribution in [3.8, 4) is 5.75 Å². The molecule has 152 valence electrons. The van der Waals surface area contributed by atoms with E-state index in [1.54, 1.807) is 31.2 Å². The summed E-state index contributed by atoms with van der Waals surface area (Å²) < 4.78 is 36.1. The number of anilines is 1. The minimum Gasteiger partial charge on any atom is -0.497 e. The third-order valence-corrected chi connectivity index (χ3v) is 5.86. The molecule has 1 amide bonds. The number of carbonyl (C=O) groups is 1. The fraction of sp³-hybridized carbons (Fsp3) is 0.611. The summed E-state index contributed by atoms with van der Waals surface area (Å²) in [6.07, 6.45) is 1.94. The summed E-state index contributed by atoms with van der Waals surface area (Å²) in [5.74, 6) is 0.308. The first-order valence-corrected chi connectivity index (χ1v) is 11.0. The van der Waals surface area contributed by atoms with Gasteiger partial charge in [0, 0.05) is 13.0 Å². The number of nitrogens with zero attached hydrogens (tertiary/aromatic N) is 1. The largest absolute Gasteiger partial charge is 0.497 e. The molecule has 2 rings (SSSR count). The summed E-state index contributed by atoms with van der Waals surface area (Å²) in [4.78, 5) is 14.0. The van der Waals surface area contributed by atoms with Crippen molar-refractivity contribution in [2.75, 3.05) is 57.1 Å². The molecule has 1 fully saturated rings. The molecule has 1 aromatic carbocycles. The third-order valence-electron chi connectivity index (χ3n) is 4.62. The Bertz CT molecular complexity index is 702. The monoisotopic (exact) mass is 400 g/mol. The highest BCUT2D eigenvalue weighted by molar-refractivity contribution is 7.92. The van der Waals surface area contributed by atoms with Crippen LogP contribution < -0.4 is 19.3 Å². The smallest absolute Gasteiger partial charge is 0.243 e. The number of morpholine rings is 1. The van der Waals surface area contributed by atoms with Gasteiger partial charge in [0.2, 0.25) is 15.9 Å². The van der Waals surface area contributed by atoms with Crippen LogP contribution in [0.2, 0.25) is 0 Å². The molecule has 1 saturated heterocycles. The summed E-state index contributed by atoms with van der Waals surface area (Å²) in [5, 5.41) is 2.85. The van der Waals surface area contributed by atoms with Gasteiger partial charge < -0.3 is 19.7 Å². The number of nitrogens with one attached hydrogen (secondary N) is 2. The summed E-state index contributed by atoms with van der Waals surface area (Å²) in [6.45, 7) is 6.62. The topological polar surface area (TPSA) is 89.4 Å². The van der Waals surface area contributed by atoms with Crippen molar-refractivity contribution in [1.29, 1.82) is 0 Å². The zero-order valence-corrected chi connectivity index (χ0v) is 17.0. The number of rotatable bonds is 9. The van der Waals surface area contributed by atoms with Crippen LogP contribution in [0.1, 0.15) is 13.3 Å². The van der Waals surface area contributed by atoms with E-state index in [0.717, 1.165) is 49.8 Å². The number of amides is 1. The van der Waals surface area contributed by atoms with Crippen LogP contribution in [-0.2, 0) is 19.6 Å². The number of sulfonamides is 1. The second kappa shape index (κ2) is 9.91. The molecule has 0 unspecified atom stereocenters. The summed E-state index contributed by atoms with van der Waals surface area (Å²) in [7, 11) is -2.08. The maximum Gasteiger partial charge on any atom is 0.243 e. The minimum atomic E-state index is -3.62. The fourth-order valence-electron chi connectivity index (χ4n) is 3.15. The molecule has 0 radical (unpaired) electrons. The second-order valence-corrected chi connectivity index (χ2v) is 8.55. The van der Waals surface area contributed by atoms with Gasteiger partial charge in [0.25, 0.3) is 0 Å². The molecule has 1 aliphatic heterocycles. The Hall–Kier alpha value is -1.84. The van der Waals surface area contributed by atoms with Gasteiger partial charge in [-0.1, -0.05) is 0 Å². The van der Waals surface area contributed by atoms with E-state index in [9.17, 15) is 13.2 Å². The van der Waals surface area contributed by atoms with Gasteiger partial charge in [-0.3, -0.25) is 9.10 Å². The van der Waals surface area contributed by atoms with Gasteiger partial charge in [-0.15, -0.1) is 0 Å².